The zero-order valence-corrected chi connectivity index (χ0v) is 12.3. The molecule has 0 spiro atoms. The topological polar surface area (TPSA) is 21.3 Å². The Bertz CT molecular complexity index is 244. The highest BCUT2D eigenvalue weighted by molar-refractivity contribution is 7.99. The van der Waals surface area contributed by atoms with Crippen molar-refractivity contribution in [2.75, 3.05) is 12.3 Å². The predicted octanol–water partition coefficient (Wildman–Crippen LogP) is 3.21. The van der Waals surface area contributed by atoms with Crippen molar-refractivity contribution in [2.24, 2.45) is 0 Å². The van der Waals surface area contributed by atoms with E-state index in [4.69, 9.17) is 4.74 Å². The summed E-state index contributed by atoms with van der Waals surface area (Å²) in [5, 5.41) is 4.59. The van der Waals surface area contributed by atoms with Gasteiger partial charge in [0.15, 0.2) is 0 Å². The number of rotatable bonds is 5. The number of nitrogens with one attached hydrogen (secondary N) is 1. The van der Waals surface area contributed by atoms with Crippen LogP contribution >= 0.6 is 11.8 Å². The second-order valence-corrected chi connectivity index (χ2v) is 7.49. The van der Waals surface area contributed by atoms with E-state index in [2.05, 4.69) is 37.8 Å². The molecule has 3 atom stereocenters. The third-order valence-electron chi connectivity index (χ3n) is 4.00. The zero-order valence-electron chi connectivity index (χ0n) is 11.5. The van der Waals surface area contributed by atoms with E-state index in [0.717, 1.165) is 17.8 Å². The molecular formula is C14H27NOS. The fraction of sp³-hybridized carbons (Fsp3) is 1.00. The van der Waals surface area contributed by atoms with Gasteiger partial charge in [-0.15, -0.1) is 0 Å². The van der Waals surface area contributed by atoms with Crippen LogP contribution in [0.1, 0.15) is 52.9 Å². The normalized spacial score (nSPS) is 36.5. The van der Waals surface area contributed by atoms with Crippen molar-refractivity contribution in [1.29, 1.82) is 0 Å². The third kappa shape index (κ3) is 3.87. The lowest BCUT2D eigenvalue weighted by atomic mass is 10.1. The molecule has 2 aliphatic rings. The second kappa shape index (κ2) is 5.94. The Balaban J connectivity index is 1.71. The molecular weight excluding hydrogens is 230 g/mol. The van der Waals surface area contributed by atoms with Crippen molar-refractivity contribution in [2.45, 2.75) is 75.9 Å². The Labute approximate surface area is 110 Å². The van der Waals surface area contributed by atoms with Crippen molar-refractivity contribution >= 4 is 11.8 Å². The summed E-state index contributed by atoms with van der Waals surface area (Å²) in [7, 11) is 0. The van der Waals surface area contributed by atoms with E-state index in [1.165, 1.54) is 37.9 Å². The largest absolute Gasteiger partial charge is 0.371 e. The smallest absolute Gasteiger partial charge is 0.0707 e. The summed E-state index contributed by atoms with van der Waals surface area (Å²) in [6.07, 6.45) is 7.01. The molecule has 0 bridgehead atoms. The van der Waals surface area contributed by atoms with E-state index >= 15 is 0 Å². The van der Waals surface area contributed by atoms with Crippen LogP contribution in [-0.4, -0.2) is 35.3 Å². The lowest BCUT2D eigenvalue weighted by molar-refractivity contribution is -0.0150. The number of hydrogen-bond acceptors (Lipinski definition) is 3. The van der Waals surface area contributed by atoms with Gasteiger partial charge in [0.1, 0.15) is 0 Å². The lowest BCUT2D eigenvalue weighted by Gasteiger charge is -2.24. The number of hydrogen-bond donors (Lipinski definition) is 1. The van der Waals surface area contributed by atoms with Crippen LogP contribution in [0.25, 0.3) is 0 Å². The monoisotopic (exact) mass is 257 g/mol. The quantitative estimate of drug-likeness (QED) is 0.817. The van der Waals surface area contributed by atoms with Gasteiger partial charge < -0.3 is 10.1 Å². The first-order valence-corrected chi connectivity index (χ1v) is 8.18. The molecule has 1 aliphatic carbocycles. The molecule has 1 N–H and O–H groups in total. The maximum absolute atomic E-state index is 6.03. The van der Waals surface area contributed by atoms with Crippen LogP contribution in [0.3, 0.4) is 0 Å². The highest BCUT2D eigenvalue weighted by Crippen LogP contribution is 2.31. The van der Waals surface area contributed by atoms with E-state index in [1.54, 1.807) is 0 Å². The summed E-state index contributed by atoms with van der Waals surface area (Å²) in [6.45, 7) is 7.73. The van der Waals surface area contributed by atoms with Crippen LogP contribution in [-0.2, 0) is 4.74 Å². The first kappa shape index (κ1) is 13.7. The SMILES string of the molecule is CCSC1CCCC1NCC1CCC(C)(C)O1. The van der Waals surface area contributed by atoms with Gasteiger partial charge in [0, 0.05) is 17.8 Å². The van der Waals surface area contributed by atoms with Crippen molar-refractivity contribution in [3.63, 3.8) is 0 Å². The summed E-state index contributed by atoms with van der Waals surface area (Å²) in [6, 6.07) is 0.729. The first-order chi connectivity index (χ1) is 8.11. The molecule has 0 aromatic rings. The molecule has 1 heterocycles. The van der Waals surface area contributed by atoms with E-state index in [1.807, 2.05) is 0 Å². The van der Waals surface area contributed by atoms with Gasteiger partial charge in [-0.2, -0.15) is 11.8 Å². The predicted molar refractivity (Wildman–Crippen MR) is 75.7 cm³/mol. The summed E-state index contributed by atoms with van der Waals surface area (Å²) in [5.41, 5.74) is 0.111. The molecule has 1 saturated carbocycles. The van der Waals surface area contributed by atoms with Crippen molar-refractivity contribution in [3.8, 4) is 0 Å². The minimum absolute atomic E-state index is 0.111. The molecule has 100 valence electrons. The highest BCUT2D eigenvalue weighted by Gasteiger charge is 2.33. The van der Waals surface area contributed by atoms with Crippen LogP contribution in [0.2, 0.25) is 0 Å². The average molecular weight is 257 g/mol. The Morgan fingerprint density at radius 1 is 1.29 bits per heavy atom. The number of ether oxygens (including phenoxy) is 1. The third-order valence-corrected chi connectivity index (χ3v) is 5.32. The van der Waals surface area contributed by atoms with Crippen LogP contribution in [0.15, 0.2) is 0 Å². The van der Waals surface area contributed by atoms with Gasteiger partial charge in [-0.25, -0.2) is 0 Å². The molecule has 3 unspecified atom stereocenters. The van der Waals surface area contributed by atoms with Crippen molar-refractivity contribution < 1.29 is 4.74 Å². The van der Waals surface area contributed by atoms with Gasteiger partial charge in [-0.1, -0.05) is 13.3 Å². The van der Waals surface area contributed by atoms with Gasteiger partial charge in [0.25, 0.3) is 0 Å². The van der Waals surface area contributed by atoms with Crippen LogP contribution < -0.4 is 5.32 Å². The molecule has 0 aromatic carbocycles. The molecule has 1 saturated heterocycles. The minimum atomic E-state index is 0.111. The van der Waals surface area contributed by atoms with Gasteiger partial charge in [0.2, 0.25) is 0 Å². The van der Waals surface area contributed by atoms with Gasteiger partial charge in [0.05, 0.1) is 11.7 Å². The second-order valence-electron chi connectivity index (χ2n) is 5.98. The molecule has 2 fully saturated rings. The van der Waals surface area contributed by atoms with Gasteiger partial charge >= 0.3 is 0 Å². The maximum Gasteiger partial charge on any atom is 0.0707 e. The van der Waals surface area contributed by atoms with E-state index in [0.29, 0.717) is 6.10 Å². The number of thioether (sulfide) groups is 1. The fourth-order valence-corrected chi connectivity index (χ4v) is 4.30. The molecule has 2 nitrogen and oxygen atoms in total. The lowest BCUT2D eigenvalue weighted by Crippen LogP contribution is -2.39. The molecule has 3 heteroatoms. The molecule has 0 radical (unpaired) electrons. The molecule has 0 aromatic heterocycles. The van der Waals surface area contributed by atoms with Crippen LogP contribution in [0, 0.1) is 0 Å². The Hall–Kier alpha value is 0.270. The van der Waals surface area contributed by atoms with E-state index < -0.39 is 0 Å². The van der Waals surface area contributed by atoms with Gasteiger partial charge in [-0.05, 0) is 45.3 Å². The average Bonchev–Trinajstić information content (AvgIpc) is 2.83. The Morgan fingerprint density at radius 3 is 2.76 bits per heavy atom. The summed E-state index contributed by atoms with van der Waals surface area (Å²) >= 11 is 2.13. The molecule has 1 aliphatic heterocycles. The summed E-state index contributed by atoms with van der Waals surface area (Å²) < 4.78 is 6.03. The van der Waals surface area contributed by atoms with Crippen molar-refractivity contribution in [1.82, 2.24) is 5.32 Å². The Morgan fingerprint density at radius 2 is 2.12 bits per heavy atom. The summed E-state index contributed by atoms with van der Waals surface area (Å²) in [5.74, 6) is 1.25. The van der Waals surface area contributed by atoms with E-state index in [9.17, 15) is 0 Å². The maximum atomic E-state index is 6.03. The first-order valence-electron chi connectivity index (χ1n) is 7.13. The van der Waals surface area contributed by atoms with Crippen LogP contribution in [0.4, 0.5) is 0 Å². The Kier molecular flexibility index (Phi) is 4.79. The molecule has 0 amide bonds. The minimum Gasteiger partial charge on any atom is -0.371 e. The zero-order chi connectivity index (χ0) is 12.3. The molecule has 2 rings (SSSR count). The van der Waals surface area contributed by atoms with Crippen LogP contribution in [0.5, 0.6) is 0 Å². The fourth-order valence-electron chi connectivity index (χ4n) is 3.08. The van der Waals surface area contributed by atoms with E-state index in [-0.39, 0.29) is 5.60 Å². The van der Waals surface area contributed by atoms with Gasteiger partial charge in [-0.3, -0.25) is 0 Å². The molecule has 17 heavy (non-hydrogen) atoms. The highest BCUT2D eigenvalue weighted by atomic mass is 32.2. The summed E-state index contributed by atoms with van der Waals surface area (Å²) in [4.78, 5) is 0. The van der Waals surface area contributed by atoms with Crippen molar-refractivity contribution in [3.05, 3.63) is 0 Å². The standard InChI is InChI=1S/C14H27NOS/c1-4-17-13-7-5-6-12(13)15-10-11-8-9-14(2,3)16-11/h11-13,15H,4-10H2,1-3H3.